The van der Waals surface area contributed by atoms with Gasteiger partial charge in [-0.2, -0.15) is 0 Å². The minimum Gasteiger partial charge on any atom is -0.482 e. The molecule has 0 aromatic heterocycles. The zero-order chi connectivity index (χ0) is 22.1. The number of rotatable bonds is 11. The van der Waals surface area contributed by atoms with Crippen molar-refractivity contribution < 1.29 is 38.4 Å². The lowest BCUT2D eigenvalue weighted by molar-refractivity contribution is -0.143. The number of ketones is 1. The first-order valence-corrected chi connectivity index (χ1v) is 10.2. The SMILES string of the molecule is CC(C)[C@@H]1COC(=O)N1C(=O)[C@H](C)[C@H]1OC(=CCCOCCOCCO)C=CC1=O. The molecular formula is C21H31NO8. The number of carbonyl (C=O) groups is 3. The van der Waals surface area contributed by atoms with E-state index in [-0.39, 0.29) is 37.6 Å². The maximum Gasteiger partial charge on any atom is 0.416 e. The van der Waals surface area contributed by atoms with Crippen LogP contribution in [-0.4, -0.2) is 79.6 Å². The molecule has 2 aliphatic heterocycles. The van der Waals surface area contributed by atoms with Gasteiger partial charge in [0.2, 0.25) is 5.91 Å². The Morgan fingerprint density at radius 1 is 1.20 bits per heavy atom. The van der Waals surface area contributed by atoms with Crippen LogP contribution in [0.25, 0.3) is 0 Å². The van der Waals surface area contributed by atoms with Crippen LogP contribution in [0.2, 0.25) is 0 Å². The third-order valence-electron chi connectivity index (χ3n) is 4.93. The summed E-state index contributed by atoms with van der Waals surface area (Å²) in [6.45, 7) is 7.07. The average molecular weight is 425 g/mol. The van der Waals surface area contributed by atoms with Crippen molar-refractivity contribution in [1.82, 2.24) is 4.90 Å². The monoisotopic (exact) mass is 425 g/mol. The summed E-state index contributed by atoms with van der Waals surface area (Å²) in [4.78, 5) is 38.4. The summed E-state index contributed by atoms with van der Waals surface area (Å²) in [6.07, 6.45) is 3.60. The smallest absolute Gasteiger partial charge is 0.416 e. The number of hydrogen-bond donors (Lipinski definition) is 1. The van der Waals surface area contributed by atoms with Crippen LogP contribution in [-0.2, 0) is 28.5 Å². The molecule has 0 aliphatic carbocycles. The van der Waals surface area contributed by atoms with E-state index in [0.29, 0.717) is 32.0 Å². The lowest BCUT2D eigenvalue weighted by atomic mass is 9.95. The first kappa shape index (κ1) is 24.0. The van der Waals surface area contributed by atoms with Crippen molar-refractivity contribution >= 4 is 17.8 Å². The third-order valence-corrected chi connectivity index (χ3v) is 4.93. The van der Waals surface area contributed by atoms with E-state index in [1.54, 1.807) is 19.1 Å². The van der Waals surface area contributed by atoms with Gasteiger partial charge in [-0.15, -0.1) is 0 Å². The zero-order valence-corrected chi connectivity index (χ0v) is 17.7. The molecule has 30 heavy (non-hydrogen) atoms. The fraction of sp³-hybridized carbons (Fsp3) is 0.667. The van der Waals surface area contributed by atoms with Crippen LogP contribution in [0, 0.1) is 11.8 Å². The second kappa shape index (κ2) is 11.8. The van der Waals surface area contributed by atoms with Gasteiger partial charge in [0, 0.05) is 0 Å². The van der Waals surface area contributed by atoms with Gasteiger partial charge in [-0.1, -0.05) is 13.8 Å². The molecule has 2 aliphatic rings. The molecule has 1 N–H and O–H groups in total. The topological polar surface area (TPSA) is 112 Å². The number of amides is 2. The van der Waals surface area contributed by atoms with Crippen LogP contribution >= 0.6 is 0 Å². The van der Waals surface area contributed by atoms with Crippen molar-refractivity contribution in [3.05, 3.63) is 24.0 Å². The normalized spacial score (nSPS) is 23.8. The fourth-order valence-electron chi connectivity index (χ4n) is 3.17. The quantitative estimate of drug-likeness (QED) is 0.495. The molecule has 2 heterocycles. The average Bonchev–Trinajstić information content (AvgIpc) is 3.11. The molecule has 9 nitrogen and oxygen atoms in total. The summed E-state index contributed by atoms with van der Waals surface area (Å²) < 4.78 is 21.3. The minimum absolute atomic E-state index is 0.0202. The predicted molar refractivity (Wildman–Crippen MR) is 106 cm³/mol. The summed E-state index contributed by atoms with van der Waals surface area (Å²) >= 11 is 0. The van der Waals surface area contributed by atoms with E-state index in [9.17, 15) is 14.4 Å². The number of aliphatic hydroxyl groups excluding tert-OH is 1. The Kier molecular flexibility index (Phi) is 9.48. The van der Waals surface area contributed by atoms with Crippen LogP contribution in [0.1, 0.15) is 27.2 Å². The van der Waals surface area contributed by atoms with Crippen molar-refractivity contribution in [3.8, 4) is 0 Å². The summed E-state index contributed by atoms with van der Waals surface area (Å²) in [5.74, 6) is -1.12. The van der Waals surface area contributed by atoms with Gasteiger partial charge in [-0.05, 0) is 37.5 Å². The number of aliphatic hydroxyl groups is 1. The summed E-state index contributed by atoms with van der Waals surface area (Å²) in [6, 6.07) is -0.352. The van der Waals surface area contributed by atoms with E-state index < -0.39 is 24.0 Å². The van der Waals surface area contributed by atoms with Crippen LogP contribution < -0.4 is 0 Å². The van der Waals surface area contributed by atoms with Gasteiger partial charge >= 0.3 is 6.09 Å². The van der Waals surface area contributed by atoms with Crippen molar-refractivity contribution in [2.45, 2.75) is 39.3 Å². The molecule has 2 amide bonds. The van der Waals surface area contributed by atoms with Crippen LogP contribution in [0.3, 0.4) is 0 Å². The molecule has 168 valence electrons. The van der Waals surface area contributed by atoms with Crippen molar-refractivity contribution in [1.29, 1.82) is 0 Å². The Hall–Kier alpha value is -2.23. The first-order valence-electron chi connectivity index (χ1n) is 10.2. The number of imide groups is 1. The molecule has 0 bridgehead atoms. The molecular weight excluding hydrogens is 394 g/mol. The highest BCUT2D eigenvalue weighted by atomic mass is 16.6. The van der Waals surface area contributed by atoms with Gasteiger partial charge in [0.25, 0.3) is 0 Å². The molecule has 0 aromatic carbocycles. The highest BCUT2D eigenvalue weighted by molar-refractivity contribution is 6.01. The number of hydrogen-bond acceptors (Lipinski definition) is 8. The lowest BCUT2D eigenvalue weighted by Gasteiger charge is -2.30. The first-order chi connectivity index (χ1) is 14.4. The second-order valence-corrected chi connectivity index (χ2v) is 7.50. The maximum atomic E-state index is 12.9. The van der Waals surface area contributed by atoms with E-state index in [4.69, 9.17) is 24.1 Å². The van der Waals surface area contributed by atoms with E-state index in [1.165, 1.54) is 6.08 Å². The molecule has 0 unspecified atom stereocenters. The minimum atomic E-state index is -0.997. The number of carbonyl (C=O) groups excluding carboxylic acids is 3. The van der Waals surface area contributed by atoms with Gasteiger partial charge in [0.15, 0.2) is 11.9 Å². The van der Waals surface area contributed by atoms with E-state index in [2.05, 4.69) is 0 Å². The Morgan fingerprint density at radius 3 is 2.57 bits per heavy atom. The van der Waals surface area contributed by atoms with E-state index >= 15 is 0 Å². The van der Waals surface area contributed by atoms with E-state index in [1.807, 2.05) is 13.8 Å². The van der Waals surface area contributed by atoms with Crippen molar-refractivity contribution in [2.24, 2.45) is 11.8 Å². The van der Waals surface area contributed by atoms with Crippen molar-refractivity contribution in [2.75, 3.05) is 39.6 Å². The van der Waals surface area contributed by atoms with Crippen LogP contribution in [0.5, 0.6) is 0 Å². The van der Waals surface area contributed by atoms with Gasteiger partial charge in [0.05, 0.1) is 45.0 Å². The maximum absolute atomic E-state index is 12.9. The standard InChI is InChI=1S/C21H31NO8/c1-14(2)17-13-29-21(26)22(17)20(25)15(3)19-18(24)7-6-16(30-19)5-4-9-27-11-12-28-10-8-23/h5-7,14-15,17,19,23H,4,8-13H2,1-3H3/t15-,17+,19-/m1/s1. The highest BCUT2D eigenvalue weighted by Gasteiger charge is 2.44. The van der Waals surface area contributed by atoms with Gasteiger partial charge in [-0.3, -0.25) is 9.59 Å². The van der Waals surface area contributed by atoms with Gasteiger partial charge in [0.1, 0.15) is 12.4 Å². The molecule has 2 rings (SSSR count). The zero-order valence-electron chi connectivity index (χ0n) is 17.7. The van der Waals surface area contributed by atoms with Crippen LogP contribution in [0.15, 0.2) is 24.0 Å². The number of allylic oxidation sites excluding steroid dienone is 1. The molecule has 1 saturated heterocycles. The second-order valence-electron chi connectivity index (χ2n) is 7.50. The molecule has 0 saturated carbocycles. The Labute approximate surface area is 176 Å². The van der Waals surface area contributed by atoms with Crippen LogP contribution in [0.4, 0.5) is 4.79 Å². The highest BCUT2D eigenvalue weighted by Crippen LogP contribution is 2.26. The summed E-state index contributed by atoms with van der Waals surface area (Å²) in [5.41, 5.74) is 0. The number of ether oxygens (including phenoxy) is 4. The third kappa shape index (κ3) is 6.38. The fourth-order valence-corrected chi connectivity index (χ4v) is 3.17. The molecule has 1 fully saturated rings. The predicted octanol–water partition coefficient (Wildman–Crippen LogP) is 1.45. The molecule has 9 heteroatoms. The molecule has 0 aromatic rings. The molecule has 0 radical (unpaired) electrons. The summed E-state index contributed by atoms with van der Waals surface area (Å²) in [7, 11) is 0. The Morgan fingerprint density at radius 2 is 1.90 bits per heavy atom. The largest absolute Gasteiger partial charge is 0.482 e. The lowest BCUT2D eigenvalue weighted by Crippen LogP contribution is -2.48. The Balaban J connectivity index is 1.89. The van der Waals surface area contributed by atoms with Gasteiger partial charge < -0.3 is 24.1 Å². The molecule has 3 atom stereocenters. The Bertz CT molecular complexity index is 672. The number of nitrogens with zero attached hydrogens (tertiary/aromatic N) is 1. The number of cyclic esters (lactones) is 1. The van der Waals surface area contributed by atoms with Gasteiger partial charge in [-0.25, -0.2) is 9.69 Å². The molecule has 0 spiro atoms. The summed E-state index contributed by atoms with van der Waals surface area (Å²) in [5, 5.41) is 8.61. The van der Waals surface area contributed by atoms with Crippen molar-refractivity contribution in [3.63, 3.8) is 0 Å². The van der Waals surface area contributed by atoms with E-state index in [0.717, 1.165) is 4.90 Å².